The summed E-state index contributed by atoms with van der Waals surface area (Å²) in [5, 5.41) is 0. The second-order valence-corrected chi connectivity index (χ2v) is 8.75. The lowest BCUT2D eigenvalue weighted by atomic mass is 9.92. The molecule has 1 aliphatic carbocycles. The van der Waals surface area contributed by atoms with Crippen LogP contribution in [0.25, 0.3) is 11.2 Å². The van der Waals surface area contributed by atoms with Crippen molar-refractivity contribution in [1.82, 2.24) is 19.3 Å². The largest absolute Gasteiger partial charge is 0.383 e. The van der Waals surface area contributed by atoms with Crippen LogP contribution in [0.5, 0.6) is 0 Å². The fraction of sp³-hybridized carbons (Fsp3) is 0.400. The van der Waals surface area contributed by atoms with Crippen LogP contribution in [0.15, 0.2) is 41.4 Å². The van der Waals surface area contributed by atoms with E-state index < -0.39 is 10.0 Å². The number of fused-ring (bicyclic) bond motifs is 2. The van der Waals surface area contributed by atoms with Gasteiger partial charge in [0.15, 0.2) is 5.65 Å². The molecule has 2 aromatic heterocycles. The molecule has 148 valence electrons. The van der Waals surface area contributed by atoms with Crippen LogP contribution in [0.1, 0.15) is 29.8 Å². The Bertz CT molecular complexity index is 1090. The lowest BCUT2D eigenvalue weighted by Gasteiger charge is -2.17. The van der Waals surface area contributed by atoms with Crippen LogP contribution in [-0.4, -0.2) is 36.7 Å². The Morgan fingerprint density at radius 2 is 2.00 bits per heavy atom. The third-order valence-electron chi connectivity index (χ3n) is 5.15. The Balaban J connectivity index is 1.58. The fourth-order valence-electron chi connectivity index (χ4n) is 3.68. The maximum Gasteiger partial charge on any atom is 0.240 e. The van der Waals surface area contributed by atoms with Gasteiger partial charge in [0.2, 0.25) is 10.0 Å². The predicted molar refractivity (Wildman–Crippen MR) is 107 cm³/mol. The third kappa shape index (κ3) is 3.80. The van der Waals surface area contributed by atoms with Crippen LogP contribution in [0.4, 0.5) is 0 Å². The SMILES string of the molecule is COCCn1c(CNS(=O)(=O)c2ccc3c(c2)CCCC3)nc2cccnc21. The van der Waals surface area contributed by atoms with Gasteiger partial charge in [-0.25, -0.2) is 23.1 Å². The highest BCUT2D eigenvalue weighted by Gasteiger charge is 2.19. The van der Waals surface area contributed by atoms with Gasteiger partial charge >= 0.3 is 0 Å². The van der Waals surface area contributed by atoms with E-state index in [0.29, 0.717) is 23.9 Å². The van der Waals surface area contributed by atoms with Gasteiger partial charge in [-0.05, 0) is 61.1 Å². The van der Waals surface area contributed by atoms with E-state index in [-0.39, 0.29) is 6.54 Å². The summed E-state index contributed by atoms with van der Waals surface area (Å²) < 4.78 is 35.5. The Labute approximate surface area is 164 Å². The minimum atomic E-state index is -3.62. The molecule has 1 aromatic carbocycles. The van der Waals surface area contributed by atoms with Crippen molar-refractivity contribution in [3.8, 4) is 0 Å². The first-order valence-electron chi connectivity index (χ1n) is 9.49. The molecule has 1 N–H and O–H groups in total. The summed E-state index contributed by atoms with van der Waals surface area (Å²) in [6.45, 7) is 1.14. The quantitative estimate of drug-likeness (QED) is 0.658. The van der Waals surface area contributed by atoms with E-state index in [1.165, 1.54) is 12.0 Å². The lowest BCUT2D eigenvalue weighted by molar-refractivity contribution is 0.187. The van der Waals surface area contributed by atoms with E-state index in [2.05, 4.69) is 14.7 Å². The molecule has 3 aromatic rings. The summed E-state index contributed by atoms with van der Waals surface area (Å²) in [4.78, 5) is 9.23. The molecular weight excluding hydrogens is 376 g/mol. The van der Waals surface area contributed by atoms with Crippen LogP contribution in [-0.2, 0) is 40.7 Å². The molecule has 0 unspecified atom stereocenters. The second-order valence-electron chi connectivity index (χ2n) is 6.98. The van der Waals surface area contributed by atoms with Gasteiger partial charge in [0.1, 0.15) is 11.3 Å². The standard InChI is InChI=1S/C20H24N4O3S/c1-27-12-11-24-19(23-18-7-4-10-21-20(18)24)14-22-28(25,26)17-9-8-15-5-2-3-6-16(15)13-17/h4,7-10,13,22H,2-3,5-6,11-12,14H2,1H3. The van der Waals surface area contributed by atoms with Gasteiger partial charge in [-0.2, -0.15) is 0 Å². The first-order chi connectivity index (χ1) is 13.6. The number of hydrogen-bond donors (Lipinski definition) is 1. The van der Waals surface area contributed by atoms with Gasteiger partial charge in [-0.3, -0.25) is 0 Å². The van der Waals surface area contributed by atoms with E-state index in [0.717, 1.165) is 36.0 Å². The zero-order valence-corrected chi connectivity index (χ0v) is 16.7. The first kappa shape index (κ1) is 19.0. The molecule has 0 aliphatic heterocycles. The molecule has 0 radical (unpaired) electrons. The molecule has 0 atom stereocenters. The van der Waals surface area contributed by atoms with E-state index in [9.17, 15) is 8.42 Å². The summed E-state index contributed by atoms with van der Waals surface area (Å²) in [6, 6.07) is 9.14. The molecule has 2 heterocycles. The molecule has 4 rings (SSSR count). The summed E-state index contributed by atoms with van der Waals surface area (Å²) in [5.41, 5.74) is 3.87. The maximum absolute atomic E-state index is 12.8. The smallest absolute Gasteiger partial charge is 0.240 e. The molecule has 0 saturated heterocycles. The predicted octanol–water partition coefficient (Wildman–Crippen LogP) is 2.44. The van der Waals surface area contributed by atoms with Gasteiger partial charge in [0, 0.05) is 19.9 Å². The zero-order valence-electron chi connectivity index (χ0n) is 15.9. The molecule has 0 bridgehead atoms. The van der Waals surface area contributed by atoms with Crippen molar-refractivity contribution in [1.29, 1.82) is 0 Å². The van der Waals surface area contributed by atoms with Gasteiger partial charge in [-0.15, -0.1) is 0 Å². The summed E-state index contributed by atoms with van der Waals surface area (Å²) in [6.07, 6.45) is 5.95. The van der Waals surface area contributed by atoms with Crippen LogP contribution in [0.3, 0.4) is 0 Å². The number of benzene rings is 1. The molecule has 0 fully saturated rings. The van der Waals surface area contributed by atoms with Gasteiger partial charge < -0.3 is 9.30 Å². The topological polar surface area (TPSA) is 86.1 Å². The van der Waals surface area contributed by atoms with Gasteiger partial charge in [0.05, 0.1) is 18.0 Å². The minimum absolute atomic E-state index is 0.0967. The average molecular weight is 401 g/mol. The number of nitrogens with one attached hydrogen (secondary N) is 1. The number of rotatable bonds is 7. The molecule has 0 amide bonds. The normalized spacial score (nSPS) is 14.3. The van der Waals surface area contributed by atoms with Crippen LogP contribution in [0.2, 0.25) is 0 Å². The van der Waals surface area contributed by atoms with E-state index in [4.69, 9.17) is 4.74 Å². The van der Waals surface area contributed by atoms with E-state index in [1.54, 1.807) is 19.4 Å². The van der Waals surface area contributed by atoms with E-state index in [1.807, 2.05) is 28.8 Å². The molecule has 28 heavy (non-hydrogen) atoms. The Morgan fingerprint density at radius 1 is 1.18 bits per heavy atom. The van der Waals surface area contributed by atoms with Crippen molar-refractivity contribution in [2.75, 3.05) is 13.7 Å². The Hall–Kier alpha value is -2.29. The number of aryl methyl sites for hydroxylation is 2. The van der Waals surface area contributed by atoms with Crippen molar-refractivity contribution >= 4 is 21.2 Å². The fourth-order valence-corrected chi connectivity index (χ4v) is 4.71. The van der Waals surface area contributed by atoms with Crippen LogP contribution < -0.4 is 4.72 Å². The number of imidazole rings is 1. The van der Waals surface area contributed by atoms with Crippen molar-refractivity contribution in [3.05, 3.63) is 53.5 Å². The molecular formula is C20H24N4O3S. The number of methoxy groups -OCH3 is 1. The number of aromatic nitrogens is 3. The average Bonchev–Trinajstić information content (AvgIpc) is 3.08. The highest BCUT2D eigenvalue weighted by atomic mass is 32.2. The Morgan fingerprint density at radius 3 is 2.82 bits per heavy atom. The molecule has 8 heteroatoms. The highest BCUT2D eigenvalue weighted by molar-refractivity contribution is 7.89. The third-order valence-corrected chi connectivity index (χ3v) is 6.55. The van der Waals surface area contributed by atoms with Crippen molar-refractivity contribution in [2.45, 2.75) is 43.7 Å². The highest BCUT2D eigenvalue weighted by Crippen LogP contribution is 2.24. The van der Waals surface area contributed by atoms with Crippen molar-refractivity contribution in [3.63, 3.8) is 0 Å². The second kappa shape index (κ2) is 7.98. The summed E-state index contributed by atoms with van der Waals surface area (Å²) in [5.74, 6) is 0.618. The van der Waals surface area contributed by atoms with Crippen molar-refractivity contribution in [2.24, 2.45) is 0 Å². The monoisotopic (exact) mass is 400 g/mol. The number of ether oxygens (including phenoxy) is 1. The minimum Gasteiger partial charge on any atom is -0.383 e. The Kier molecular flexibility index (Phi) is 5.43. The summed E-state index contributed by atoms with van der Waals surface area (Å²) in [7, 11) is -1.99. The number of sulfonamides is 1. The van der Waals surface area contributed by atoms with Crippen LogP contribution >= 0.6 is 0 Å². The zero-order chi connectivity index (χ0) is 19.6. The number of nitrogens with zero attached hydrogens (tertiary/aromatic N) is 3. The van der Waals surface area contributed by atoms with Crippen molar-refractivity contribution < 1.29 is 13.2 Å². The number of hydrogen-bond acceptors (Lipinski definition) is 5. The number of pyridine rings is 1. The maximum atomic E-state index is 12.8. The first-order valence-corrected chi connectivity index (χ1v) is 11.0. The van der Waals surface area contributed by atoms with E-state index >= 15 is 0 Å². The molecule has 1 aliphatic rings. The molecule has 7 nitrogen and oxygen atoms in total. The molecule has 0 spiro atoms. The molecule has 0 saturated carbocycles. The summed E-state index contributed by atoms with van der Waals surface area (Å²) >= 11 is 0. The van der Waals surface area contributed by atoms with Gasteiger partial charge in [-0.1, -0.05) is 6.07 Å². The lowest BCUT2D eigenvalue weighted by Crippen LogP contribution is -2.26. The van der Waals surface area contributed by atoms with Crippen LogP contribution in [0, 0.1) is 0 Å². The van der Waals surface area contributed by atoms with Gasteiger partial charge in [0.25, 0.3) is 0 Å².